The molecule has 0 bridgehead atoms. The van der Waals surface area contributed by atoms with Crippen LogP contribution < -0.4 is 0 Å². The number of rotatable bonds is 9. The Hall–Kier alpha value is -1.34. The number of carbonyl (C=O) groups is 2. The van der Waals surface area contributed by atoms with E-state index in [0.717, 1.165) is 49.9 Å². The smallest absolute Gasteiger partial charge is 0.306 e. The summed E-state index contributed by atoms with van der Waals surface area (Å²) in [6.45, 7) is 26.4. The van der Waals surface area contributed by atoms with Crippen LogP contribution in [-0.4, -0.2) is 69.3 Å². The fourth-order valence-corrected chi connectivity index (χ4v) is 15.8. The first-order valence-corrected chi connectivity index (χ1v) is 22.3. The molecule has 5 aliphatic carbocycles. The molecule has 1 heterocycles. The van der Waals surface area contributed by atoms with Crippen molar-refractivity contribution in [3.8, 4) is 0 Å². The fraction of sp³-hybridized carbons (Fsp3) is 0.884. The fourth-order valence-electron chi connectivity index (χ4n) is 14.4. The number of esters is 1. The first-order valence-electron chi connectivity index (χ1n) is 20.2. The number of hydrogen-bond acceptors (Lipinski definition) is 5. The van der Waals surface area contributed by atoms with Gasteiger partial charge in [-0.15, -0.1) is 0 Å². The molecular formula is C43H71NO5S. The number of carboxylic acid groups (broad SMARTS) is 1. The van der Waals surface area contributed by atoms with E-state index >= 15 is 0 Å². The van der Waals surface area contributed by atoms with Crippen LogP contribution in [0.5, 0.6) is 0 Å². The highest BCUT2D eigenvalue weighted by Crippen LogP contribution is 2.78. The van der Waals surface area contributed by atoms with Gasteiger partial charge in [0, 0.05) is 30.0 Å². The molecule has 0 aromatic heterocycles. The molecule has 0 radical (unpaired) electrons. The highest BCUT2D eigenvalue weighted by Gasteiger charge is 2.71. The highest BCUT2D eigenvalue weighted by atomic mass is 32.2. The number of ether oxygens (including phenoxy) is 1. The maximum Gasteiger partial charge on any atom is 0.306 e. The predicted octanol–water partition coefficient (Wildman–Crippen LogP) is 8.87. The molecule has 50 heavy (non-hydrogen) atoms. The largest absolute Gasteiger partial charge is 0.481 e. The maximum atomic E-state index is 13.2. The Morgan fingerprint density at radius 2 is 1.56 bits per heavy atom. The van der Waals surface area contributed by atoms with E-state index in [1.807, 2.05) is 13.8 Å². The van der Waals surface area contributed by atoms with Crippen molar-refractivity contribution < 1.29 is 23.6 Å². The summed E-state index contributed by atoms with van der Waals surface area (Å²) in [5, 5.41) is 9.34. The van der Waals surface area contributed by atoms with Gasteiger partial charge >= 0.3 is 11.9 Å². The van der Waals surface area contributed by atoms with E-state index in [0.29, 0.717) is 34.5 Å². The molecule has 5 saturated carbocycles. The first-order chi connectivity index (χ1) is 23.1. The Balaban J connectivity index is 1.21. The standard InChI is InChI=1S/C43H71NO5S/c1-29(2)30-13-18-43(21-22-44-23-25-50(10,48)26-24-44)20-19-41(8)31(37(30)43)11-12-33-40(7)16-15-34(39(5,6)32(40)14-17-42(33,41)9)49-36(47)28-38(3,4)27-35(45)46/h30-34,37H,1,10-28H2,2-9H3,(H,45,46)/t30-,31+,32-,33+,34-,37+,40-,41+,42+,43+/m0/s1. The summed E-state index contributed by atoms with van der Waals surface area (Å²) in [7, 11) is -1.87. The molecule has 0 spiro atoms. The monoisotopic (exact) mass is 714 g/mol. The molecule has 0 amide bonds. The van der Waals surface area contributed by atoms with Crippen molar-refractivity contribution in [3.63, 3.8) is 0 Å². The van der Waals surface area contributed by atoms with Gasteiger partial charge in [-0.2, -0.15) is 0 Å². The van der Waals surface area contributed by atoms with E-state index < -0.39 is 20.9 Å². The van der Waals surface area contributed by atoms with E-state index in [1.165, 1.54) is 63.4 Å². The molecule has 7 heteroatoms. The van der Waals surface area contributed by atoms with Gasteiger partial charge in [0.25, 0.3) is 0 Å². The van der Waals surface area contributed by atoms with Crippen LogP contribution in [0.15, 0.2) is 12.2 Å². The summed E-state index contributed by atoms with van der Waals surface area (Å²) < 4.78 is 18.9. The number of hydrogen-bond donors (Lipinski definition) is 1. The Labute approximate surface area is 305 Å². The number of carboxylic acids is 1. The Morgan fingerprint density at radius 1 is 0.880 bits per heavy atom. The van der Waals surface area contributed by atoms with Crippen molar-refractivity contribution in [2.45, 2.75) is 145 Å². The van der Waals surface area contributed by atoms with Gasteiger partial charge in [-0.05, 0) is 156 Å². The quantitative estimate of drug-likeness (QED) is 0.146. The topological polar surface area (TPSA) is 83.9 Å². The average molecular weight is 714 g/mol. The van der Waals surface area contributed by atoms with Gasteiger partial charge in [0.1, 0.15) is 6.10 Å². The predicted molar refractivity (Wildman–Crippen MR) is 206 cm³/mol. The summed E-state index contributed by atoms with van der Waals surface area (Å²) in [6.07, 6.45) is 13.6. The minimum Gasteiger partial charge on any atom is -0.481 e. The molecule has 0 aromatic rings. The molecular weight excluding hydrogens is 643 g/mol. The Bertz CT molecular complexity index is 1450. The second-order valence-electron chi connectivity index (χ2n) is 20.8. The van der Waals surface area contributed by atoms with Gasteiger partial charge in [0.05, 0.1) is 12.8 Å². The third-order valence-corrected chi connectivity index (χ3v) is 19.0. The number of fused-ring (bicyclic) bond motifs is 7. The van der Waals surface area contributed by atoms with E-state index in [1.54, 1.807) is 0 Å². The van der Waals surface area contributed by atoms with E-state index in [-0.39, 0.29) is 41.2 Å². The number of aliphatic carboxylic acids is 1. The third-order valence-electron chi connectivity index (χ3n) is 17.2. The third kappa shape index (κ3) is 6.36. The highest BCUT2D eigenvalue weighted by molar-refractivity contribution is 8.00. The normalized spacial score (nSPS) is 43.8. The maximum absolute atomic E-state index is 13.2. The van der Waals surface area contributed by atoms with Crippen LogP contribution in [0, 0.1) is 62.1 Å². The lowest BCUT2D eigenvalue weighted by molar-refractivity contribution is -0.250. The SMILES string of the molecule is C=C(C)[C@@H]1CC[C@]2(CCN3CCS(=C)(=O)CC3)CC[C@]3(C)[C@H](CC[C@@H]4[C@@]5(C)CC[C@H](OC(=O)CC(C)(C)CC(=O)O)C(C)(C)[C@@H]5CC[C@]43C)[C@@H]12. The zero-order valence-corrected chi connectivity index (χ0v) is 33.9. The molecule has 6 fully saturated rings. The van der Waals surface area contributed by atoms with Gasteiger partial charge in [-0.25, -0.2) is 0 Å². The van der Waals surface area contributed by atoms with Crippen LogP contribution in [0.1, 0.15) is 139 Å². The van der Waals surface area contributed by atoms with Crippen molar-refractivity contribution in [2.75, 3.05) is 31.1 Å². The lowest BCUT2D eigenvalue weighted by atomic mass is 9.32. The van der Waals surface area contributed by atoms with Crippen molar-refractivity contribution in [1.82, 2.24) is 4.90 Å². The summed E-state index contributed by atoms with van der Waals surface area (Å²) in [5.41, 5.74) is 1.82. The summed E-state index contributed by atoms with van der Waals surface area (Å²) in [4.78, 5) is 27.2. The summed E-state index contributed by atoms with van der Waals surface area (Å²) in [6, 6.07) is 0. The van der Waals surface area contributed by atoms with Crippen LogP contribution >= 0.6 is 0 Å². The van der Waals surface area contributed by atoms with Crippen LogP contribution in [-0.2, 0) is 23.8 Å². The van der Waals surface area contributed by atoms with Gasteiger partial charge in [-0.1, -0.05) is 60.6 Å². The molecule has 6 rings (SSSR count). The molecule has 1 N–H and O–H groups in total. The van der Waals surface area contributed by atoms with Crippen molar-refractivity contribution in [2.24, 2.45) is 62.1 Å². The van der Waals surface area contributed by atoms with Crippen molar-refractivity contribution >= 4 is 27.3 Å². The van der Waals surface area contributed by atoms with Gasteiger partial charge in [0.2, 0.25) is 0 Å². The minimum absolute atomic E-state index is 0.0365. The molecule has 1 aliphatic heterocycles. The number of allylic oxidation sites excluding steroid dienone is 1. The van der Waals surface area contributed by atoms with Gasteiger partial charge in [0.15, 0.2) is 0 Å². The van der Waals surface area contributed by atoms with Crippen LogP contribution in [0.25, 0.3) is 0 Å². The average Bonchev–Trinajstić information content (AvgIpc) is 3.38. The second-order valence-corrected chi connectivity index (χ2v) is 23.5. The lowest BCUT2D eigenvalue weighted by Gasteiger charge is -2.73. The molecule has 6 aliphatic rings. The van der Waals surface area contributed by atoms with Crippen LogP contribution in [0.2, 0.25) is 0 Å². The second kappa shape index (κ2) is 12.9. The molecule has 1 saturated heterocycles. The molecule has 6 nitrogen and oxygen atoms in total. The first kappa shape index (κ1) is 38.4. The lowest BCUT2D eigenvalue weighted by Crippen LogP contribution is -2.66. The molecule has 0 aromatic carbocycles. The van der Waals surface area contributed by atoms with E-state index in [9.17, 15) is 18.9 Å². The zero-order valence-electron chi connectivity index (χ0n) is 33.0. The van der Waals surface area contributed by atoms with Crippen LogP contribution in [0.3, 0.4) is 0 Å². The number of carbonyl (C=O) groups excluding carboxylic acids is 1. The Morgan fingerprint density at radius 3 is 2.20 bits per heavy atom. The van der Waals surface area contributed by atoms with E-state index in [4.69, 9.17) is 4.74 Å². The van der Waals surface area contributed by atoms with Crippen molar-refractivity contribution in [3.05, 3.63) is 12.2 Å². The minimum atomic E-state index is -1.87. The summed E-state index contributed by atoms with van der Waals surface area (Å²) in [5.74, 6) is 7.60. The van der Waals surface area contributed by atoms with Gasteiger partial charge in [-0.3, -0.25) is 13.8 Å². The number of nitrogens with zero attached hydrogens (tertiary/aromatic N) is 1. The molecule has 284 valence electrons. The Kier molecular flexibility index (Phi) is 9.91. The molecule has 10 atom stereocenters. The van der Waals surface area contributed by atoms with Gasteiger partial charge < -0.3 is 14.7 Å². The molecule has 0 unspecified atom stereocenters. The summed E-state index contributed by atoms with van der Waals surface area (Å²) >= 11 is 0. The van der Waals surface area contributed by atoms with E-state index in [2.05, 4.69) is 58.9 Å². The van der Waals surface area contributed by atoms with Crippen molar-refractivity contribution in [1.29, 1.82) is 0 Å². The van der Waals surface area contributed by atoms with Crippen LogP contribution in [0.4, 0.5) is 0 Å². The zero-order chi connectivity index (χ0) is 36.7.